The fourth-order valence-corrected chi connectivity index (χ4v) is 2.54. The summed E-state index contributed by atoms with van der Waals surface area (Å²) in [4.78, 5) is 0. The molecule has 3 nitrogen and oxygen atoms in total. The summed E-state index contributed by atoms with van der Waals surface area (Å²) < 4.78 is 31.7. The minimum atomic E-state index is -0.656. The first-order valence-corrected chi connectivity index (χ1v) is 8.10. The fraction of sp³-hybridized carbons (Fsp3) is 0.368. The molecule has 1 aliphatic rings. The van der Waals surface area contributed by atoms with Crippen molar-refractivity contribution in [1.82, 2.24) is 0 Å². The molecule has 1 saturated heterocycles. The lowest BCUT2D eigenvalue weighted by Gasteiger charge is -2.32. The van der Waals surface area contributed by atoms with E-state index < -0.39 is 18.3 Å². The Morgan fingerprint density at radius 2 is 1.58 bits per heavy atom. The van der Waals surface area contributed by atoms with E-state index in [1.165, 1.54) is 12.1 Å². The van der Waals surface area contributed by atoms with E-state index in [4.69, 9.17) is 14.0 Å². The van der Waals surface area contributed by atoms with Gasteiger partial charge in [0.2, 0.25) is 0 Å². The van der Waals surface area contributed by atoms with Gasteiger partial charge < -0.3 is 14.0 Å². The first-order valence-electron chi connectivity index (χ1n) is 8.10. The van der Waals surface area contributed by atoms with Crippen LogP contribution >= 0.6 is 0 Å². The number of hydrogen-bond donors (Lipinski definition) is 0. The maximum absolute atomic E-state index is 13.8. The average molecular weight is 328 g/mol. The lowest BCUT2D eigenvalue weighted by atomic mass is 9.78. The fourth-order valence-electron chi connectivity index (χ4n) is 2.54. The standard InChI is InChI=1S/C19H22BFO3/c1-18(2)19(3,4)24-20(23-18)16-12-15(21)10-11-17(16)22-13-14-8-6-5-7-9-14/h5-12H,13H2,1-4H3. The number of ether oxygens (including phenoxy) is 1. The molecule has 2 aromatic carbocycles. The summed E-state index contributed by atoms with van der Waals surface area (Å²) in [5.41, 5.74) is 0.646. The molecular weight excluding hydrogens is 306 g/mol. The summed E-state index contributed by atoms with van der Waals surface area (Å²) in [7, 11) is -0.656. The van der Waals surface area contributed by atoms with Gasteiger partial charge in [-0.3, -0.25) is 0 Å². The summed E-state index contributed by atoms with van der Waals surface area (Å²) in [6.07, 6.45) is 0. The van der Waals surface area contributed by atoms with Crippen LogP contribution in [0.4, 0.5) is 4.39 Å². The van der Waals surface area contributed by atoms with Crippen LogP contribution in [0.5, 0.6) is 5.75 Å². The Bertz CT molecular complexity index is 700. The van der Waals surface area contributed by atoms with E-state index >= 15 is 0 Å². The Kier molecular flexibility index (Phi) is 4.41. The van der Waals surface area contributed by atoms with E-state index in [0.29, 0.717) is 17.8 Å². The van der Waals surface area contributed by atoms with E-state index in [0.717, 1.165) is 5.56 Å². The normalized spacial score (nSPS) is 18.6. The van der Waals surface area contributed by atoms with Gasteiger partial charge in [-0.05, 0) is 51.5 Å². The van der Waals surface area contributed by atoms with Gasteiger partial charge in [0.25, 0.3) is 0 Å². The molecule has 0 aromatic heterocycles. The molecule has 0 bridgehead atoms. The highest BCUT2D eigenvalue weighted by Gasteiger charge is 2.52. The minimum absolute atomic E-state index is 0.341. The molecule has 0 atom stereocenters. The molecular formula is C19H22BFO3. The summed E-state index contributed by atoms with van der Waals surface area (Å²) in [5, 5.41) is 0. The zero-order valence-electron chi connectivity index (χ0n) is 14.5. The molecule has 0 N–H and O–H groups in total. The quantitative estimate of drug-likeness (QED) is 0.801. The van der Waals surface area contributed by atoms with Crippen LogP contribution in [0.3, 0.4) is 0 Å². The molecule has 5 heteroatoms. The third kappa shape index (κ3) is 3.33. The maximum atomic E-state index is 13.8. The molecule has 0 aliphatic carbocycles. The number of rotatable bonds is 4. The van der Waals surface area contributed by atoms with Crippen LogP contribution in [0.1, 0.15) is 33.3 Å². The van der Waals surface area contributed by atoms with Crippen molar-refractivity contribution in [2.75, 3.05) is 0 Å². The van der Waals surface area contributed by atoms with Gasteiger partial charge in [-0.25, -0.2) is 4.39 Å². The van der Waals surface area contributed by atoms with E-state index in [-0.39, 0.29) is 5.82 Å². The van der Waals surface area contributed by atoms with Crippen molar-refractivity contribution in [3.8, 4) is 5.75 Å². The molecule has 0 spiro atoms. The Morgan fingerprint density at radius 1 is 0.958 bits per heavy atom. The van der Waals surface area contributed by atoms with Crippen LogP contribution in [0.2, 0.25) is 0 Å². The number of hydrogen-bond acceptors (Lipinski definition) is 3. The van der Waals surface area contributed by atoms with Crippen molar-refractivity contribution >= 4 is 12.6 Å². The highest BCUT2D eigenvalue weighted by atomic mass is 19.1. The van der Waals surface area contributed by atoms with Gasteiger partial charge in [0.1, 0.15) is 18.2 Å². The van der Waals surface area contributed by atoms with Crippen molar-refractivity contribution in [2.24, 2.45) is 0 Å². The van der Waals surface area contributed by atoms with E-state index in [1.54, 1.807) is 6.07 Å². The third-order valence-electron chi connectivity index (χ3n) is 4.72. The molecule has 0 saturated carbocycles. The highest BCUT2D eigenvalue weighted by Crippen LogP contribution is 2.37. The lowest BCUT2D eigenvalue weighted by molar-refractivity contribution is 0.00578. The Labute approximate surface area is 142 Å². The maximum Gasteiger partial charge on any atom is 0.498 e. The second kappa shape index (κ2) is 6.23. The van der Waals surface area contributed by atoms with E-state index in [9.17, 15) is 4.39 Å². The van der Waals surface area contributed by atoms with Crippen LogP contribution < -0.4 is 10.2 Å². The van der Waals surface area contributed by atoms with Crippen LogP contribution in [-0.2, 0) is 15.9 Å². The van der Waals surface area contributed by atoms with Gasteiger partial charge >= 0.3 is 7.12 Å². The smallest absolute Gasteiger partial charge is 0.489 e. The van der Waals surface area contributed by atoms with Crippen LogP contribution in [0.25, 0.3) is 0 Å². The minimum Gasteiger partial charge on any atom is -0.489 e. The molecule has 1 aliphatic heterocycles. The zero-order chi connectivity index (χ0) is 17.4. The largest absolute Gasteiger partial charge is 0.498 e. The first kappa shape index (κ1) is 17.0. The van der Waals surface area contributed by atoms with Gasteiger partial charge in [-0.1, -0.05) is 30.3 Å². The Morgan fingerprint density at radius 3 is 2.21 bits per heavy atom. The molecule has 2 aromatic rings. The molecule has 126 valence electrons. The van der Waals surface area contributed by atoms with Crippen molar-refractivity contribution in [3.63, 3.8) is 0 Å². The van der Waals surface area contributed by atoms with Crippen LogP contribution in [0.15, 0.2) is 48.5 Å². The molecule has 3 rings (SSSR count). The monoisotopic (exact) mass is 328 g/mol. The molecule has 24 heavy (non-hydrogen) atoms. The SMILES string of the molecule is CC1(C)OB(c2cc(F)ccc2OCc2ccccc2)OC1(C)C. The van der Waals surface area contributed by atoms with Crippen molar-refractivity contribution in [1.29, 1.82) is 0 Å². The Balaban J connectivity index is 1.84. The molecule has 1 fully saturated rings. The summed E-state index contributed by atoms with van der Waals surface area (Å²) >= 11 is 0. The summed E-state index contributed by atoms with van der Waals surface area (Å²) in [6, 6.07) is 14.3. The molecule has 0 unspecified atom stereocenters. The lowest BCUT2D eigenvalue weighted by Crippen LogP contribution is -2.41. The van der Waals surface area contributed by atoms with Gasteiger partial charge in [-0.15, -0.1) is 0 Å². The van der Waals surface area contributed by atoms with Crippen molar-refractivity contribution < 1.29 is 18.4 Å². The van der Waals surface area contributed by atoms with Crippen molar-refractivity contribution in [3.05, 3.63) is 59.9 Å². The van der Waals surface area contributed by atoms with Gasteiger partial charge in [0.05, 0.1) is 11.2 Å². The predicted molar refractivity (Wildman–Crippen MR) is 92.9 cm³/mol. The van der Waals surface area contributed by atoms with Crippen LogP contribution in [0, 0.1) is 5.82 Å². The van der Waals surface area contributed by atoms with E-state index in [1.807, 2.05) is 58.0 Å². The predicted octanol–water partition coefficient (Wildman–Crippen LogP) is 3.70. The van der Waals surface area contributed by atoms with Gasteiger partial charge in [0.15, 0.2) is 0 Å². The Hall–Kier alpha value is -1.85. The van der Waals surface area contributed by atoms with Crippen molar-refractivity contribution in [2.45, 2.75) is 45.5 Å². The number of halogens is 1. The first-order chi connectivity index (χ1) is 11.3. The summed E-state index contributed by atoms with van der Waals surface area (Å²) in [6.45, 7) is 8.28. The third-order valence-corrected chi connectivity index (χ3v) is 4.72. The second-order valence-electron chi connectivity index (χ2n) is 7.04. The van der Waals surface area contributed by atoms with Gasteiger partial charge in [0, 0.05) is 5.46 Å². The number of benzene rings is 2. The highest BCUT2D eigenvalue weighted by molar-refractivity contribution is 6.63. The van der Waals surface area contributed by atoms with Gasteiger partial charge in [-0.2, -0.15) is 0 Å². The van der Waals surface area contributed by atoms with Crippen LogP contribution in [-0.4, -0.2) is 18.3 Å². The molecule has 0 radical (unpaired) electrons. The van der Waals surface area contributed by atoms with E-state index in [2.05, 4.69) is 0 Å². The topological polar surface area (TPSA) is 27.7 Å². The summed E-state index contributed by atoms with van der Waals surface area (Å²) in [5.74, 6) is 0.227. The zero-order valence-corrected chi connectivity index (χ0v) is 14.5. The molecule has 1 heterocycles. The second-order valence-corrected chi connectivity index (χ2v) is 7.04. The average Bonchev–Trinajstić information content (AvgIpc) is 2.75. The molecule has 0 amide bonds.